The molecule has 0 aliphatic heterocycles. The zero-order valence-corrected chi connectivity index (χ0v) is 12.1. The van der Waals surface area contributed by atoms with Crippen LogP contribution in [0.5, 0.6) is 0 Å². The van der Waals surface area contributed by atoms with E-state index in [4.69, 9.17) is 23.2 Å². The Bertz CT molecular complexity index is 516. The van der Waals surface area contributed by atoms with Gasteiger partial charge in [-0.25, -0.2) is 0 Å². The number of hydrogen-bond donors (Lipinski definition) is 1. The van der Waals surface area contributed by atoms with Crippen molar-refractivity contribution in [1.82, 2.24) is 9.59 Å². The molecule has 1 aromatic heterocycles. The van der Waals surface area contributed by atoms with E-state index in [0.717, 1.165) is 21.3 Å². The summed E-state index contributed by atoms with van der Waals surface area (Å²) in [6.07, 6.45) is 0. The lowest BCUT2D eigenvalue weighted by atomic mass is 10.4. The summed E-state index contributed by atoms with van der Waals surface area (Å²) in [4.78, 5) is 1.06. The molecule has 1 heterocycles. The van der Waals surface area contributed by atoms with Crippen LogP contribution in [0.2, 0.25) is 10.0 Å². The summed E-state index contributed by atoms with van der Waals surface area (Å²) >= 11 is 14.8. The Morgan fingerprint density at radius 3 is 2.88 bits per heavy atom. The summed E-state index contributed by atoms with van der Waals surface area (Å²) in [7, 11) is 1.86. The number of thioether (sulfide) groups is 1. The van der Waals surface area contributed by atoms with E-state index in [1.54, 1.807) is 17.8 Å². The number of aromatic nitrogens is 2. The topological polar surface area (TPSA) is 37.8 Å². The highest BCUT2D eigenvalue weighted by Gasteiger charge is 2.07. The first kappa shape index (κ1) is 13.0. The van der Waals surface area contributed by atoms with Crippen LogP contribution in [0.15, 0.2) is 23.1 Å². The number of nitrogens with zero attached hydrogens (tertiary/aromatic N) is 2. The van der Waals surface area contributed by atoms with Gasteiger partial charge in [0.05, 0.1) is 10.0 Å². The molecule has 0 saturated carbocycles. The number of halogens is 2. The fraction of sp³-hybridized carbons (Fsp3) is 0.200. The van der Waals surface area contributed by atoms with Gasteiger partial charge < -0.3 is 5.32 Å². The molecule has 0 bridgehead atoms. The molecule has 0 aliphatic rings. The zero-order chi connectivity index (χ0) is 12.3. The van der Waals surface area contributed by atoms with Crippen molar-refractivity contribution in [3.8, 4) is 0 Å². The second kappa shape index (κ2) is 5.91. The molecule has 0 saturated heterocycles. The van der Waals surface area contributed by atoms with E-state index in [-0.39, 0.29) is 0 Å². The van der Waals surface area contributed by atoms with Crippen molar-refractivity contribution in [3.63, 3.8) is 0 Å². The highest BCUT2D eigenvalue weighted by Crippen LogP contribution is 2.31. The Morgan fingerprint density at radius 1 is 1.35 bits per heavy atom. The van der Waals surface area contributed by atoms with Crippen LogP contribution in [0, 0.1) is 0 Å². The third-order valence-corrected chi connectivity index (χ3v) is 4.58. The molecule has 0 spiro atoms. The van der Waals surface area contributed by atoms with Crippen molar-refractivity contribution in [2.75, 3.05) is 12.4 Å². The van der Waals surface area contributed by atoms with Gasteiger partial charge in [-0.2, -0.15) is 0 Å². The van der Waals surface area contributed by atoms with Crippen molar-refractivity contribution in [3.05, 3.63) is 33.9 Å². The standard InChI is InChI=1S/C10H9Cl2N3S2/c1-13-10-9(14-15-17-10)5-16-6-2-3-7(11)8(12)4-6/h2-4,13H,5H2,1H3. The Labute approximate surface area is 118 Å². The SMILES string of the molecule is CNc1snnc1CSc1ccc(Cl)c(Cl)c1. The van der Waals surface area contributed by atoms with E-state index in [1.807, 2.05) is 19.2 Å². The fourth-order valence-electron chi connectivity index (χ4n) is 1.21. The molecule has 2 rings (SSSR count). The normalized spacial score (nSPS) is 10.5. The van der Waals surface area contributed by atoms with Crippen molar-refractivity contribution in [1.29, 1.82) is 0 Å². The summed E-state index contributed by atoms with van der Waals surface area (Å²) < 4.78 is 3.91. The molecular weight excluding hydrogens is 297 g/mol. The molecule has 0 unspecified atom stereocenters. The molecule has 0 atom stereocenters. The maximum absolute atomic E-state index is 5.95. The lowest BCUT2D eigenvalue weighted by molar-refractivity contribution is 1.07. The van der Waals surface area contributed by atoms with Crippen LogP contribution in [0.3, 0.4) is 0 Å². The lowest BCUT2D eigenvalue weighted by Gasteiger charge is -2.02. The highest BCUT2D eigenvalue weighted by atomic mass is 35.5. The number of hydrogen-bond acceptors (Lipinski definition) is 5. The van der Waals surface area contributed by atoms with E-state index in [2.05, 4.69) is 14.9 Å². The van der Waals surface area contributed by atoms with Gasteiger partial charge in [0.15, 0.2) is 0 Å². The van der Waals surface area contributed by atoms with E-state index in [1.165, 1.54) is 11.5 Å². The zero-order valence-electron chi connectivity index (χ0n) is 8.91. The van der Waals surface area contributed by atoms with Gasteiger partial charge in [0.25, 0.3) is 0 Å². The van der Waals surface area contributed by atoms with Crippen LogP contribution in [-0.4, -0.2) is 16.6 Å². The molecular formula is C10H9Cl2N3S2. The third-order valence-electron chi connectivity index (χ3n) is 2.05. The molecule has 0 amide bonds. The van der Waals surface area contributed by atoms with Gasteiger partial charge in [-0.1, -0.05) is 27.7 Å². The molecule has 90 valence electrons. The fourth-order valence-corrected chi connectivity index (χ4v) is 3.07. The van der Waals surface area contributed by atoms with Crippen LogP contribution >= 0.6 is 46.5 Å². The van der Waals surface area contributed by atoms with Crippen LogP contribution in [0.25, 0.3) is 0 Å². The van der Waals surface area contributed by atoms with E-state index < -0.39 is 0 Å². The summed E-state index contributed by atoms with van der Waals surface area (Å²) in [5, 5.41) is 9.27. The monoisotopic (exact) mass is 305 g/mol. The molecule has 0 aliphatic carbocycles. The number of benzene rings is 1. The Hall–Kier alpha value is -0.490. The largest absolute Gasteiger partial charge is 0.377 e. The van der Waals surface area contributed by atoms with Gasteiger partial charge in [0.1, 0.15) is 10.7 Å². The Kier molecular flexibility index (Phi) is 4.50. The van der Waals surface area contributed by atoms with E-state index in [0.29, 0.717) is 10.0 Å². The summed E-state index contributed by atoms with van der Waals surface area (Å²) in [5.74, 6) is 0.755. The number of anilines is 1. The Morgan fingerprint density at radius 2 is 2.18 bits per heavy atom. The maximum atomic E-state index is 5.95. The predicted octanol–water partition coefficient (Wildman–Crippen LogP) is 4.18. The van der Waals surface area contributed by atoms with Gasteiger partial charge in [-0.3, -0.25) is 0 Å². The second-order valence-corrected chi connectivity index (χ2v) is 5.78. The van der Waals surface area contributed by atoms with E-state index in [9.17, 15) is 0 Å². The van der Waals surface area contributed by atoms with Crippen LogP contribution in [-0.2, 0) is 5.75 Å². The summed E-state index contributed by atoms with van der Waals surface area (Å²) in [6, 6.07) is 5.59. The van der Waals surface area contributed by atoms with Crippen molar-refractivity contribution < 1.29 is 0 Å². The number of rotatable bonds is 4. The smallest absolute Gasteiger partial charge is 0.133 e. The third kappa shape index (κ3) is 3.25. The average Bonchev–Trinajstić information content (AvgIpc) is 2.78. The van der Waals surface area contributed by atoms with Gasteiger partial charge in [0.2, 0.25) is 0 Å². The second-order valence-electron chi connectivity index (χ2n) is 3.16. The lowest BCUT2D eigenvalue weighted by Crippen LogP contribution is -1.90. The molecule has 0 fully saturated rings. The minimum atomic E-state index is 0.571. The minimum Gasteiger partial charge on any atom is -0.377 e. The first-order chi connectivity index (χ1) is 8.20. The average molecular weight is 306 g/mol. The minimum absolute atomic E-state index is 0.571. The molecule has 1 aromatic carbocycles. The molecule has 3 nitrogen and oxygen atoms in total. The summed E-state index contributed by atoms with van der Waals surface area (Å²) in [6.45, 7) is 0. The predicted molar refractivity (Wildman–Crippen MR) is 75.5 cm³/mol. The van der Waals surface area contributed by atoms with Gasteiger partial charge in [0, 0.05) is 29.2 Å². The van der Waals surface area contributed by atoms with Crippen molar-refractivity contribution >= 4 is 51.5 Å². The molecule has 0 radical (unpaired) electrons. The molecule has 2 aromatic rings. The van der Waals surface area contributed by atoms with Gasteiger partial charge in [-0.05, 0) is 18.2 Å². The van der Waals surface area contributed by atoms with Crippen molar-refractivity contribution in [2.45, 2.75) is 10.6 Å². The van der Waals surface area contributed by atoms with Crippen molar-refractivity contribution in [2.24, 2.45) is 0 Å². The van der Waals surface area contributed by atoms with Crippen LogP contribution in [0.4, 0.5) is 5.00 Å². The van der Waals surface area contributed by atoms with Crippen LogP contribution < -0.4 is 5.32 Å². The summed E-state index contributed by atoms with van der Waals surface area (Å²) in [5.41, 5.74) is 0.952. The van der Waals surface area contributed by atoms with Crippen LogP contribution in [0.1, 0.15) is 5.69 Å². The first-order valence-electron chi connectivity index (χ1n) is 4.77. The van der Waals surface area contributed by atoms with Gasteiger partial charge >= 0.3 is 0 Å². The molecule has 17 heavy (non-hydrogen) atoms. The number of nitrogens with one attached hydrogen (secondary N) is 1. The Balaban J connectivity index is 2.05. The first-order valence-corrected chi connectivity index (χ1v) is 7.29. The van der Waals surface area contributed by atoms with Gasteiger partial charge in [-0.15, -0.1) is 16.9 Å². The highest BCUT2D eigenvalue weighted by molar-refractivity contribution is 7.98. The van der Waals surface area contributed by atoms with E-state index >= 15 is 0 Å². The molecule has 1 N–H and O–H groups in total. The quantitative estimate of drug-likeness (QED) is 0.860. The molecule has 7 heteroatoms. The maximum Gasteiger partial charge on any atom is 0.133 e.